The van der Waals surface area contributed by atoms with Gasteiger partial charge in [0.1, 0.15) is 0 Å². The molecular formula is C14H17N5O2. The highest BCUT2D eigenvalue weighted by Crippen LogP contribution is 2.36. The van der Waals surface area contributed by atoms with Crippen LogP contribution in [-0.2, 0) is 24.9 Å². The third-order valence-electron chi connectivity index (χ3n) is 4.21. The minimum Gasteiger partial charge on any atom is -0.332 e. The molecule has 0 radical (unpaired) electrons. The maximum Gasteiger partial charge on any atom is 0.278 e. The van der Waals surface area contributed by atoms with E-state index in [2.05, 4.69) is 15.2 Å². The molecule has 0 unspecified atom stereocenters. The summed E-state index contributed by atoms with van der Waals surface area (Å²) in [6.07, 6.45) is 3.07. The van der Waals surface area contributed by atoms with Crippen LogP contribution < -0.4 is 0 Å². The molecule has 4 rings (SSSR count). The number of fused-ring (bicyclic) bond motifs is 1. The van der Waals surface area contributed by atoms with Crippen molar-refractivity contribution in [2.24, 2.45) is 13.0 Å². The molecule has 2 aromatic rings. The lowest BCUT2D eigenvalue weighted by molar-refractivity contribution is -0.132. The molecule has 7 heteroatoms. The predicted molar refractivity (Wildman–Crippen MR) is 72.8 cm³/mol. The van der Waals surface area contributed by atoms with Crippen LogP contribution in [0.4, 0.5) is 0 Å². The van der Waals surface area contributed by atoms with Crippen molar-refractivity contribution in [3.8, 4) is 11.6 Å². The van der Waals surface area contributed by atoms with E-state index in [0.29, 0.717) is 42.8 Å². The molecule has 1 fully saturated rings. The minimum absolute atomic E-state index is 0.237. The van der Waals surface area contributed by atoms with Gasteiger partial charge in [0.25, 0.3) is 5.89 Å². The average molecular weight is 287 g/mol. The van der Waals surface area contributed by atoms with Gasteiger partial charge >= 0.3 is 0 Å². The van der Waals surface area contributed by atoms with Crippen molar-refractivity contribution in [3.05, 3.63) is 17.1 Å². The Bertz CT molecular complexity index is 713. The molecule has 2 aliphatic rings. The Kier molecular flexibility index (Phi) is 2.63. The fraction of sp³-hybridized carbons (Fsp3) is 0.571. The summed E-state index contributed by atoms with van der Waals surface area (Å²) < 4.78 is 7.03. The van der Waals surface area contributed by atoms with Crippen molar-refractivity contribution < 1.29 is 9.32 Å². The normalized spacial score (nSPS) is 17.3. The molecule has 3 heterocycles. The maximum absolute atomic E-state index is 12.3. The number of carbonyl (C=O) groups excluding carboxylic acids is 1. The Morgan fingerprint density at radius 3 is 2.86 bits per heavy atom. The van der Waals surface area contributed by atoms with Crippen molar-refractivity contribution >= 4 is 5.91 Å². The molecule has 7 nitrogen and oxygen atoms in total. The standard InChI is InChI=1S/C14H17N5O2/c1-8-15-14(21-17-8)13-10-6-19(7-11(10)18(2)16-13)12(20)5-9-3-4-9/h9H,3-7H2,1-2H3. The SMILES string of the molecule is Cc1noc(-c2nn(C)c3c2CN(C(=O)CC2CC2)C3)n1. The number of rotatable bonds is 3. The zero-order valence-electron chi connectivity index (χ0n) is 12.2. The smallest absolute Gasteiger partial charge is 0.278 e. The summed E-state index contributed by atoms with van der Waals surface area (Å²) in [6, 6.07) is 0. The molecular weight excluding hydrogens is 270 g/mol. The van der Waals surface area contributed by atoms with E-state index >= 15 is 0 Å². The molecule has 0 spiro atoms. The fourth-order valence-electron chi connectivity index (χ4n) is 2.83. The van der Waals surface area contributed by atoms with Crippen LogP contribution in [-0.4, -0.2) is 30.7 Å². The predicted octanol–water partition coefficient (Wildman–Crippen LogP) is 1.42. The number of hydrogen-bond donors (Lipinski definition) is 0. The van der Waals surface area contributed by atoms with Gasteiger partial charge in [0, 0.05) is 19.0 Å². The van der Waals surface area contributed by atoms with E-state index in [9.17, 15) is 4.79 Å². The number of aryl methyl sites for hydroxylation is 2. The van der Waals surface area contributed by atoms with Crippen LogP contribution in [0.1, 0.15) is 36.3 Å². The van der Waals surface area contributed by atoms with Gasteiger partial charge in [-0.25, -0.2) is 0 Å². The summed E-state index contributed by atoms with van der Waals surface area (Å²) in [6.45, 7) is 2.99. The van der Waals surface area contributed by atoms with E-state index in [-0.39, 0.29) is 5.91 Å². The number of aromatic nitrogens is 4. The van der Waals surface area contributed by atoms with Crippen LogP contribution in [0.3, 0.4) is 0 Å². The number of hydrogen-bond acceptors (Lipinski definition) is 5. The molecule has 2 aromatic heterocycles. The topological polar surface area (TPSA) is 77.0 Å². The summed E-state index contributed by atoms with van der Waals surface area (Å²) >= 11 is 0. The van der Waals surface area contributed by atoms with E-state index in [1.807, 2.05) is 16.6 Å². The first kappa shape index (κ1) is 12.6. The van der Waals surface area contributed by atoms with Gasteiger partial charge in [0.15, 0.2) is 11.5 Å². The van der Waals surface area contributed by atoms with Crippen LogP contribution in [0.5, 0.6) is 0 Å². The van der Waals surface area contributed by atoms with Gasteiger partial charge in [-0.3, -0.25) is 9.48 Å². The fourth-order valence-corrected chi connectivity index (χ4v) is 2.83. The van der Waals surface area contributed by atoms with Gasteiger partial charge < -0.3 is 9.42 Å². The molecule has 0 saturated heterocycles. The summed E-state index contributed by atoms with van der Waals surface area (Å²) in [5.74, 6) is 1.86. The Morgan fingerprint density at radius 1 is 1.38 bits per heavy atom. The van der Waals surface area contributed by atoms with Crippen LogP contribution in [0.2, 0.25) is 0 Å². The van der Waals surface area contributed by atoms with Crippen molar-refractivity contribution in [1.82, 2.24) is 24.8 Å². The number of nitrogens with zero attached hydrogens (tertiary/aromatic N) is 5. The average Bonchev–Trinajstić information content (AvgIpc) is 2.87. The lowest BCUT2D eigenvalue weighted by Crippen LogP contribution is -2.26. The van der Waals surface area contributed by atoms with Crippen molar-refractivity contribution in [2.45, 2.75) is 39.3 Å². The summed E-state index contributed by atoms with van der Waals surface area (Å²) in [5.41, 5.74) is 2.80. The molecule has 1 saturated carbocycles. The first-order valence-corrected chi connectivity index (χ1v) is 7.25. The molecule has 0 N–H and O–H groups in total. The highest BCUT2D eigenvalue weighted by molar-refractivity contribution is 5.78. The van der Waals surface area contributed by atoms with Gasteiger partial charge in [-0.2, -0.15) is 10.1 Å². The minimum atomic E-state index is 0.237. The monoisotopic (exact) mass is 287 g/mol. The molecule has 110 valence electrons. The summed E-state index contributed by atoms with van der Waals surface area (Å²) in [7, 11) is 1.89. The molecule has 1 amide bonds. The Hall–Kier alpha value is -2.18. The third kappa shape index (κ3) is 2.12. The zero-order chi connectivity index (χ0) is 14.6. The molecule has 0 atom stereocenters. The van der Waals surface area contributed by atoms with Gasteiger partial charge in [-0.05, 0) is 25.7 Å². The van der Waals surface area contributed by atoms with Crippen LogP contribution in [0, 0.1) is 12.8 Å². The van der Waals surface area contributed by atoms with Crippen LogP contribution in [0.15, 0.2) is 4.52 Å². The second-order valence-corrected chi connectivity index (χ2v) is 5.94. The van der Waals surface area contributed by atoms with Crippen molar-refractivity contribution in [2.75, 3.05) is 0 Å². The molecule has 0 aromatic carbocycles. The quantitative estimate of drug-likeness (QED) is 0.853. The summed E-state index contributed by atoms with van der Waals surface area (Å²) in [5, 5.41) is 8.28. The lowest BCUT2D eigenvalue weighted by Gasteiger charge is -2.15. The Labute approximate surface area is 121 Å². The highest BCUT2D eigenvalue weighted by Gasteiger charge is 2.34. The first-order valence-electron chi connectivity index (χ1n) is 7.25. The van der Waals surface area contributed by atoms with Crippen LogP contribution in [0.25, 0.3) is 11.6 Å². The van der Waals surface area contributed by atoms with E-state index in [4.69, 9.17) is 4.52 Å². The van der Waals surface area contributed by atoms with Gasteiger partial charge in [0.2, 0.25) is 5.91 Å². The Balaban J connectivity index is 1.61. The number of amides is 1. The van der Waals surface area contributed by atoms with E-state index in [1.54, 1.807) is 6.92 Å². The van der Waals surface area contributed by atoms with Gasteiger partial charge in [0.05, 0.1) is 18.8 Å². The van der Waals surface area contributed by atoms with E-state index in [1.165, 1.54) is 12.8 Å². The van der Waals surface area contributed by atoms with E-state index < -0.39 is 0 Å². The molecule has 0 bridgehead atoms. The van der Waals surface area contributed by atoms with E-state index in [0.717, 1.165) is 11.3 Å². The molecule has 1 aliphatic carbocycles. The maximum atomic E-state index is 12.3. The summed E-state index contributed by atoms with van der Waals surface area (Å²) in [4.78, 5) is 18.4. The van der Waals surface area contributed by atoms with Gasteiger partial charge in [-0.1, -0.05) is 5.16 Å². The van der Waals surface area contributed by atoms with Gasteiger partial charge in [-0.15, -0.1) is 0 Å². The third-order valence-corrected chi connectivity index (χ3v) is 4.21. The molecule has 21 heavy (non-hydrogen) atoms. The Morgan fingerprint density at radius 2 is 2.19 bits per heavy atom. The zero-order valence-corrected chi connectivity index (χ0v) is 12.2. The second-order valence-electron chi connectivity index (χ2n) is 5.94. The van der Waals surface area contributed by atoms with Crippen molar-refractivity contribution in [3.63, 3.8) is 0 Å². The lowest BCUT2D eigenvalue weighted by atomic mass is 10.2. The van der Waals surface area contributed by atoms with Crippen molar-refractivity contribution in [1.29, 1.82) is 0 Å². The highest BCUT2D eigenvalue weighted by atomic mass is 16.5. The second kappa shape index (κ2) is 4.41. The largest absolute Gasteiger partial charge is 0.332 e. The van der Waals surface area contributed by atoms with Crippen LogP contribution >= 0.6 is 0 Å². The molecule has 1 aliphatic heterocycles. The first-order chi connectivity index (χ1) is 10.1. The number of carbonyl (C=O) groups is 1.